The quantitative estimate of drug-likeness (QED) is 0.295. The van der Waals surface area contributed by atoms with Gasteiger partial charge in [0.1, 0.15) is 22.9 Å². The predicted octanol–water partition coefficient (Wildman–Crippen LogP) is 5.59. The molecule has 3 N–H and O–H groups in total. The number of nitrogens with one attached hydrogen (secondary N) is 2. The minimum absolute atomic E-state index is 0.0236. The number of amides is 2. The summed E-state index contributed by atoms with van der Waals surface area (Å²) < 4.78 is 10.7. The summed E-state index contributed by atoms with van der Waals surface area (Å²) in [5.74, 6) is -0.321. The molecule has 0 aliphatic carbocycles. The van der Waals surface area contributed by atoms with Crippen molar-refractivity contribution in [2.75, 3.05) is 26.6 Å². The van der Waals surface area contributed by atoms with E-state index in [2.05, 4.69) is 20.9 Å². The fraction of sp³-hybridized carbons (Fsp3) is 0.111. The summed E-state index contributed by atoms with van der Waals surface area (Å²) in [5.41, 5.74) is 1.35. The summed E-state index contributed by atoms with van der Waals surface area (Å²) in [4.78, 5) is 25.1. The van der Waals surface area contributed by atoms with E-state index >= 15 is 0 Å². The summed E-state index contributed by atoms with van der Waals surface area (Å²) in [6.07, 6.45) is 0. The molecule has 4 rings (SSSR count). The lowest BCUT2D eigenvalue weighted by Gasteiger charge is -2.13. The fourth-order valence-corrected chi connectivity index (χ4v) is 3.68. The molecule has 0 heterocycles. The Balaban J connectivity index is 1.77. The van der Waals surface area contributed by atoms with Gasteiger partial charge in [-0.25, -0.2) is 0 Å². The van der Waals surface area contributed by atoms with E-state index in [0.717, 1.165) is 0 Å². The van der Waals surface area contributed by atoms with Crippen LogP contribution in [0.2, 0.25) is 0 Å². The SMILES string of the molecule is CNC(=O)c1ccc(N=Nc2c(O)c(C(=O)Nc3ccccc3OC)cc3ccccc23)c(OC)c1. The molecule has 4 aromatic rings. The van der Waals surface area contributed by atoms with Crippen molar-refractivity contribution < 1.29 is 24.2 Å². The first-order valence-electron chi connectivity index (χ1n) is 11.0. The molecule has 0 unspecified atom stereocenters. The van der Waals surface area contributed by atoms with Gasteiger partial charge in [0.05, 0.1) is 25.5 Å². The maximum absolute atomic E-state index is 13.1. The van der Waals surface area contributed by atoms with Crippen molar-refractivity contribution in [3.63, 3.8) is 0 Å². The molecule has 0 fully saturated rings. The first-order chi connectivity index (χ1) is 17.5. The number of para-hydroxylation sites is 2. The van der Waals surface area contributed by atoms with Gasteiger partial charge in [0, 0.05) is 18.0 Å². The van der Waals surface area contributed by atoms with Crippen LogP contribution in [-0.4, -0.2) is 38.2 Å². The molecule has 0 radical (unpaired) electrons. The number of benzene rings is 4. The first-order valence-corrected chi connectivity index (χ1v) is 11.0. The number of ether oxygens (including phenoxy) is 2. The Morgan fingerprint density at radius 1 is 0.833 bits per heavy atom. The molecule has 0 atom stereocenters. The van der Waals surface area contributed by atoms with Crippen molar-refractivity contribution >= 4 is 39.6 Å². The van der Waals surface area contributed by atoms with Crippen molar-refractivity contribution in [2.45, 2.75) is 0 Å². The summed E-state index contributed by atoms with van der Waals surface area (Å²) in [7, 11) is 4.50. The van der Waals surface area contributed by atoms with Gasteiger partial charge in [-0.2, -0.15) is 0 Å². The molecule has 9 heteroatoms. The van der Waals surface area contributed by atoms with Gasteiger partial charge in [-0.05, 0) is 41.8 Å². The number of azo groups is 1. The summed E-state index contributed by atoms with van der Waals surface area (Å²) >= 11 is 0. The third-order valence-corrected chi connectivity index (χ3v) is 5.52. The molecule has 0 saturated heterocycles. The number of aromatic hydroxyl groups is 1. The third-order valence-electron chi connectivity index (χ3n) is 5.52. The second kappa shape index (κ2) is 10.6. The lowest BCUT2D eigenvalue weighted by Crippen LogP contribution is -2.17. The van der Waals surface area contributed by atoms with Crippen molar-refractivity contribution in [1.82, 2.24) is 5.32 Å². The number of fused-ring (bicyclic) bond motifs is 1. The van der Waals surface area contributed by atoms with Crippen LogP contribution in [0.25, 0.3) is 10.8 Å². The van der Waals surface area contributed by atoms with Crippen LogP contribution in [0.4, 0.5) is 17.1 Å². The highest BCUT2D eigenvalue weighted by molar-refractivity contribution is 6.12. The van der Waals surface area contributed by atoms with Crippen molar-refractivity contribution in [3.05, 3.63) is 83.9 Å². The number of hydrogen-bond donors (Lipinski definition) is 3. The van der Waals surface area contributed by atoms with E-state index in [0.29, 0.717) is 39.2 Å². The third kappa shape index (κ3) is 4.80. The van der Waals surface area contributed by atoms with Crippen LogP contribution in [0.15, 0.2) is 83.0 Å². The molecule has 36 heavy (non-hydrogen) atoms. The van der Waals surface area contributed by atoms with E-state index in [1.54, 1.807) is 60.7 Å². The molecule has 2 amide bonds. The Labute approximate surface area is 207 Å². The maximum Gasteiger partial charge on any atom is 0.259 e. The molecular formula is C27H24N4O5. The minimum Gasteiger partial charge on any atom is -0.505 e. The van der Waals surface area contributed by atoms with Gasteiger partial charge in [-0.1, -0.05) is 36.4 Å². The van der Waals surface area contributed by atoms with E-state index in [1.165, 1.54) is 21.3 Å². The Kier molecular flexibility index (Phi) is 7.10. The molecule has 0 saturated carbocycles. The highest BCUT2D eigenvalue weighted by Gasteiger charge is 2.20. The number of carbonyl (C=O) groups excluding carboxylic acids is 2. The topological polar surface area (TPSA) is 122 Å². The Morgan fingerprint density at radius 2 is 1.56 bits per heavy atom. The van der Waals surface area contributed by atoms with Gasteiger partial charge < -0.3 is 25.2 Å². The minimum atomic E-state index is -0.535. The largest absolute Gasteiger partial charge is 0.505 e. The first kappa shape index (κ1) is 24.2. The van der Waals surface area contributed by atoms with Crippen LogP contribution < -0.4 is 20.1 Å². The molecule has 0 aliphatic heterocycles. The number of carbonyl (C=O) groups is 2. The van der Waals surface area contributed by atoms with Gasteiger partial charge in [0.2, 0.25) is 0 Å². The van der Waals surface area contributed by atoms with Crippen molar-refractivity contribution in [1.29, 1.82) is 0 Å². The molecule has 0 spiro atoms. The Hall–Kier alpha value is -4.92. The zero-order valence-electron chi connectivity index (χ0n) is 19.9. The van der Waals surface area contributed by atoms with E-state index in [4.69, 9.17) is 9.47 Å². The van der Waals surface area contributed by atoms with Gasteiger partial charge in [0.25, 0.3) is 11.8 Å². The maximum atomic E-state index is 13.1. The Morgan fingerprint density at radius 3 is 2.31 bits per heavy atom. The van der Waals surface area contributed by atoms with Gasteiger partial charge in [-0.15, -0.1) is 10.2 Å². The number of phenolic OH excluding ortho intramolecular Hbond substituents is 1. The molecule has 0 bridgehead atoms. The second-order valence-corrected chi connectivity index (χ2v) is 7.66. The summed E-state index contributed by atoms with van der Waals surface area (Å²) in [5, 5.41) is 26.2. The lowest BCUT2D eigenvalue weighted by atomic mass is 10.0. The Bertz CT molecular complexity index is 1480. The van der Waals surface area contributed by atoms with E-state index in [1.807, 2.05) is 12.1 Å². The van der Waals surface area contributed by atoms with Crippen LogP contribution in [0, 0.1) is 0 Å². The number of anilines is 1. The van der Waals surface area contributed by atoms with Gasteiger partial charge in [-0.3, -0.25) is 9.59 Å². The molecule has 0 aromatic heterocycles. The number of phenols is 1. The van der Waals surface area contributed by atoms with Crippen LogP contribution in [0.3, 0.4) is 0 Å². The van der Waals surface area contributed by atoms with E-state index < -0.39 is 5.91 Å². The number of methoxy groups -OCH3 is 2. The van der Waals surface area contributed by atoms with Crippen LogP contribution in [0.1, 0.15) is 20.7 Å². The highest BCUT2D eigenvalue weighted by atomic mass is 16.5. The molecular weight excluding hydrogens is 460 g/mol. The molecule has 182 valence electrons. The zero-order chi connectivity index (χ0) is 25.7. The van der Waals surface area contributed by atoms with Crippen LogP contribution in [0.5, 0.6) is 17.2 Å². The predicted molar refractivity (Wildman–Crippen MR) is 137 cm³/mol. The molecule has 9 nitrogen and oxygen atoms in total. The van der Waals surface area contributed by atoms with Crippen LogP contribution in [-0.2, 0) is 0 Å². The zero-order valence-corrected chi connectivity index (χ0v) is 19.9. The standard InChI is InChI=1S/C27H24N4O5/c1-28-26(33)17-12-13-21(23(15-17)36-3)30-31-24-18-9-5-4-8-16(18)14-19(25(24)32)27(34)29-20-10-6-7-11-22(20)35-2/h4-15,32H,1-3H3,(H,28,33)(H,29,34). The fourth-order valence-electron chi connectivity index (χ4n) is 3.68. The van der Waals surface area contributed by atoms with Crippen LogP contribution >= 0.6 is 0 Å². The summed E-state index contributed by atoms with van der Waals surface area (Å²) in [6, 6.07) is 20.5. The summed E-state index contributed by atoms with van der Waals surface area (Å²) in [6.45, 7) is 0. The van der Waals surface area contributed by atoms with Gasteiger partial charge >= 0.3 is 0 Å². The monoisotopic (exact) mass is 484 g/mol. The van der Waals surface area contributed by atoms with E-state index in [9.17, 15) is 14.7 Å². The molecule has 4 aromatic carbocycles. The number of hydrogen-bond acceptors (Lipinski definition) is 7. The smallest absolute Gasteiger partial charge is 0.259 e. The van der Waals surface area contributed by atoms with Crippen molar-refractivity contribution in [3.8, 4) is 17.2 Å². The lowest BCUT2D eigenvalue weighted by molar-refractivity contribution is 0.0961. The molecule has 0 aliphatic rings. The normalized spacial score (nSPS) is 10.9. The van der Waals surface area contributed by atoms with Crippen molar-refractivity contribution in [2.24, 2.45) is 10.2 Å². The van der Waals surface area contributed by atoms with Gasteiger partial charge in [0.15, 0.2) is 5.75 Å². The highest BCUT2D eigenvalue weighted by Crippen LogP contribution is 2.41. The number of rotatable bonds is 7. The average Bonchev–Trinajstić information content (AvgIpc) is 2.92. The second-order valence-electron chi connectivity index (χ2n) is 7.66. The van der Waals surface area contributed by atoms with E-state index in [-0.39, 0.29) is 22.9 Å². The average molecular weight is 485 g/mol. The number of nitrogens with zero attached hydrogens (tertiary/aromatic N) is 2.